The Hall–Kier alpha value is -2.45. The zero-order valence-electron chi connectivity index (χ0n) is 26.4. The van der Waals surface area contributed by atoms with Crippen molar-refractivity contribution in [2.75, 3.05) is 13.1 Å². The predicted molar refractivity (Wildman–Crippen MR) is 171 cm³/mol. The highest BCUT2D eigenvalue weighted by molar-refractivity contribution is 6.30. The van der Waals surface area contributed by atoms with Gasteiger partial charge in [-0.05, 0) is 86.8 Å². The summed E-state index contributed by atoms with van der Waals surface area (Å²) in [6.45, 7) is 8.33. The third kappa shape index (κ3) is 8.39. The number of rotatable bonds is 9. The average molecular weight is 611 g/mol. The van der Waals surface area contributed by atoms with Crippen molar-refractivity contribution in [1.29, 1.82) is 0 Å². The number of benzene rings is 1. The van der Waals surface area contributed by atoms with E-state index in [1.54, 1.807) is 6.33 Å². The minimum Gasteiger partial charge on any atom is -0.353 e. The van der Waals surface area contributed by atoms with Crippen molar-refractivity contribution in [3.63, 3.8) is 0 Å². The van der Waals surface area contributed by atoms with Crippen LogP contribution in [0, 0.1) is 16.7 Å². The maximum absolute atomic E-state index is 14.2. The number of hydrogen-bond donors (Lipinski definition) is 2. The molecule has 8 nitrogen and oxygen atoms in total. The van der Waals surface area contributed by atoms with Crippen LogP contribution in [0.1, 0.15) is 97.0 Å². The summed E-state index contributed by atoms with van der Waals surface area (Å²) in [5.41, 5.74) is 0.893. The summed E-state index contributed by atoms with van der Waals surface area (Å²) in [5.74, 6) is 0.994. The molecule has 0 unspecified atom stereocenters. The van der Waals surface area contributed by atoms with Crippen molar-refractivity contribution in [3.05, 3.63) is 47.5 Å². The number of hydrogen-bond acceptors (Lipinski definition) is 5. The molecule has 2 heterocycles. The third-order valence-corrected chi connectivity index (χ3v) is 10.6. The molecule has 2 aromatic rings. The first kappa shape index (κ1) is 32.0. The summed E-state index contributed by atoms with van der Waals surface area (Å²) in [6.07, 6.45) is 16.4. The normalized spacial score (nSPS) is 24.0. The first-order valence-corrected chi connectivity index (χ1v) is 16.9. The summed E-state index contributed by atoms with van der Waals surface area (Å²) in [7, 11) is 0. The number of nitrogens with one attached hydrogen (secondary N) is 2. The summed E-state index contributed by atoms with van der Waals surface area (Å²) in [5, 5.41) is 12.2. The van der Waals surface area contributed by atoms with E-state index in [0.717, 1.165) is 63.7 Å². The molecule has 9 heteroatoms. The van der Waals surface area contributed by atoms with Gasteiger partial charge in [-0.15, -0.1) is 0 Å². The van der Waals surface area contributed by atoms with Gasteiger partial charge in [-0.25, -0.2) is 4.98 Å². The number of nitrogens with zero attached hydrogens (tertiary/aromatic N) is 4. The lowest BCUT2D eigenvalue weighted by molar-refractivity contribution is -0.137. The van der Waals surface area contributed by atoms with Gasteiger partial charge in [0.2, 0.25) is 11.8 Å². The van der Waals surface area contributed by atoms with Crippen LogP contribution in [-0.4, -0.2) is 62.7 Å². The van der Waals surface area contributed by atoms with Crippen LogP contribution < -0.4 is 10.6 Å². The van der Waals surface area contributed by atoms with Crippen LogP contribution in [0.4, 0.5) is 0 Å². The van der Waals surface area contributed by atoms with Crippen LogP contribution in [0.3, 0.4) is 0 Å². The van der Waals surface area contributed by atoms with E-state index in [0.29, 0.717) is 17.4 Å². The number of likely N-dealkylation sites (tertiary alicyclic amines) is 1. The Morgan fingerprint density at radius 3 is 2.23 bits per heavy atom. The monoisotopic (exact) mass is 610 g/mol. The molecule has 1 saturated heterocycles. The zero-order valence-corrected chi connectivity index (χ0v) is 27.1. The maximum atomic E-state index is 14.2. The second-order valence-electron chi connectivity index (χ2n) is 14.4. The second kappa shape index (κ2) is 14.1. The quantitative estimate of drug-likeness (QED) is 0.375. The molecule has 0 radical (unpaired) electrons. The topological polar surface area (TPSA) is 92.2 Å². The molecule has 43 heavy (non-hydrogen) atoms. The molecule has 1 aromatic carbocycles. The van der Waals surface area contributed by atoms with Crippen molar-refractivity contribution < 1.29 is 9.59 Å². The molecule has 3 fully saturated rings. The molecule has 2 saturated carbocycles. The minimum atomic E-state index is -0.385. The van der Waals surface area contributed by atoms with Crippen LogP contribution in [0.5, 0.6) is 0 Å². The summed E-state index contributed by atoms with van der Waals surface area (Å²) >= 11 is 6.18. The Balaban J connectivity index is 1.24. The molecule has 5 rings (SSSR count). The van der Waals surface area contributed by atoms with E-state index in [1.807, 2.05) is 56.0 Å². The molecule has 2 aliphatic carbocycles. The first-order valence-electron chi connectivity index (χ1n) is 16.5. The smallest absolute Gasteiger partial charge is 0.240 e. The Labute approximate surface area is 262 Å². The standard InChI is InChI=1S/C34H51ClN6O2/c1-33(2,3)32(43)39-29-15-13-28(14-16-29)38-30(21-25-9-11-27(35)12-10-25)31(42)40-19-17-34(18-20-40,22-41-24-36-23-37-41)26-7-5-4-6-8-26/h9-12,23-24,26,28-30,38H,4-8,13-22H2,1-3H3,(H,39,43)/t28?,29?,30-/m1/s1. The molecule has 0 spiro atoms. The van der Waals surface area contributed by atoms with E-state index in [1.165, 1.54) is 32.1 Å². The fourth-order valence-electron chi connectivity index (χ4n) is 7.60. The lowest BCUT2D eigenvalue weighted by Gasteiger charge is -2.48. The summed E-state index contributed by atoms with van der Waals surface area (Å²) < 4.78 is 2.01. The van der Waals surface area contributed by atoms with Gasteiger partial charge < -0.3 is 15.5 Å². The highest BCUT2D eigenvalue weighted by atomic mass is 35.5. The zero-order chi connectivity index (χ0) is 30.5. The molecule has 236 valence electrons. The van der Waals surface area contributed by atoms with Crippen molar-refractivity contribution >= 4 is 23.4 Å². The first-order chi connectivity index (χ1) is 20.6. The predicted octanol–water partition coefficient (Wildman–Crippen LogP) is 5.80. The Morgan fingerprint density at radius 1 is 0.977 bits per heavy atom. The number of carbonyl (C=O) groups is 2. The maximum Gasteiger partial charge on any atom is 0.240 e. The van der Waals surface area contributed by atoms with Crippen LogP contribution in [-0.2, 0) is 22.6 Å². The van der Waals surface area contributed by atoms with Gasteiger partial charge in [0.1, 0.15) is 12.7 Å². The number of piperidine rings is 1. The van der Waals surface area contributed by atoms with Crippen LogP contribution in [0.15, 0.2) is 36.9 Å². The lowest BCUT2D eigenvalue weighted by Crippen LogP contribution is -2.56. The molecular formula is C34H51ClN6O2. The molecule has 0 bridgehead atoms. The Kier molecular flexibility index (Phi) is 10.5. The fraction of sp³-hybridized carbons (Fsp3) is 0.706. The van der Waals surface area contributed by atoms with Gasteiger partial charge in [-0.3, -0.25) is 14.3 Å². The van der Waals surface area contributed by atoms with Gasteiger partial charge >= 0.3 is 0 Å². The molecule has 1 aliphatic heterocycles. The molecule has 1 aromatic heterocycles. The summed E-state index contributed by atoms with van der Waals surface area (Å²) in [6, 6.07) is 8.05. The highest BCUT2D eigenvalue weighted by Gasteiger charge is 2.44. The SMILES string of the molecule is CC(C)(C)C(=O)NC1CCC(N[C@H](Cc2ccc(Cl)cc2)C(=O)N2CCC(Cn3cncn3)(C3CCCCC3)CC2)CC1. The van der Waals surface area contributed by atoms with E-state index < -0.39 is 0 Å². The van der Waals surface area contributed by atoms with Gasteiger partial charge in [0.25, 0.3) is 0 Å². The largest absolute Gasteiger partial charge is 0.353 e. The number of amides is 2. The van der Waals surface area contributed by atoms with Gasteiger partial charge in [-0.1, -0.05) is 63.8 Å². The van der Waals surface area contributed by atoms with E-state index >= 15 is 0 Å². The van der Waals surface area contributed by atoms with Crippen LogP contribution in [0.2, 0.25) is 5.02 Å². The Morgan fingerprint density at radius 2 is 1.63 bits per heavy atom. The Bertz CT molecular complexity index is 1170. The van der Waals surface area contributed by atoms with Crippen molar-refractivity contribution in [2.24, 2.45) is 16.7 Å². The molecule has 2 N–H and O–H groups in total. The van der Waals surface area contributed by atoms with E-state index in [9.17, 15) is 9.59 Å². The fourth-order valence-corrected chi connectivity index (χ4v) is 7.73. The highest BCUT2D eigenvalue weighted by Crippen LogP contribution is 2.47. The molecule has 3 aliphatic rings. The van der Waals surface area contributed by atoms with Gasteiger partial charge in [0, 0.05) is 42.2 Å². The van der Waals surface area contributed by atoms with Crippen LogP contribution >= 0.6 is 11.6 Å². The van der Waals surface area contributed by atoms with E-state index in [2.05, 4.69) is 25.6 Å². The molecule has 2 amide bonds. The minimum absolute atomic E-state index is 0.109. The van der Waals surface area contributed by atoms with Crippen LogP contribution in [0.25, 0.3) is 0 Å². The average Bonchev–Trinajstić information content (AvgIpc) is 3.52. The third-order valence-electron chi connectivity index (χ3n) is 10.3. The van der Waals surface area contributed by atoms with Gasteiger partial charge in [0.15, 0.2) is 0 Å². The lowest BCUT2D eigenvalue weighted by atomic mass is 9.63. The van der Waals surface area contributed by atoms with E-state index in [-0.39, 0.29) is 40.8 Å². The number of aromatic nitrogens is 3. The summed E-state index contributed by atoms with van der Waals surface area (Å²) in [4.78, 5) is 33.1. The van der Waals surface area contributed by atoms with Crippen molar-refractivity contribution in [1.82, 2.24) is 30.3 Å². The molecule has 1 atom stereocenters. The van der Waals surface area contributed by atoms with Crippen molar-refractivity contribution in [3.8, 4) is 0 Å². The van der Waals surface area contributed by atoms with Crippen molar-refractivity contribution in [2.45, 2.75) is 122 Å². The van der Waals surface area contributed by atoms with E-state index in [4.69, 9.17) is 11.6 Å². The molecular weight excluding hydrogens is 560 g/mol. The number of halogens is 1. The van der Waals surface area contributed by atoms with Gasteiger partial charge in [0.05, 0.1) is 6.04 Å². The van der Waals surface area contributed by atoms with Gasteiger partial charge in [-0.2, -0.15) is 5.10 Å². The number of carbonyl (C=O) groups excluding carboxylic acids is 2. The second-order valence-corrected chi connectivity index (χ2v) is 14.9.